The van der Waals surface area contributed by atoms with Gasteiger partial charge in [0.2, 0.25) is 0 Å². The van der Waals surface area contributed by atoms with Gasteiger partial charge in [-0.3, -0.25) is 4.98 Å². The van der Waals surface area contributed by atoms with Crippen LogP contribution in [0.2, 0.25) is 16.6 Å². The van der Waals surface area contributed by atoms with Gasteiger partial charge in [-0.05, 0) is 53.9 Å². The number of rotatable bonds is 8. The van der Waals surface area contributed by atoms with Gasteiger partial charge in [0.05, 0.1) is 11.7 Å². The molecule has 2 rings (SSSR count). The summed E-state index contributed by atoms with van der Waals surface area (Å²) in [6.45, 7) is 14.9. The lowest BCUT2D eigenvalue weighted by atomic mass is 9.91. The maximum absolute atomic E-state index is 6.63. The number of nitrogens with zero attached hydrogens (tertiary/aromatic N) is 2. The van der Waals surface area contributed by atoms with E-state index in [4.69, 9.17) is 4.43 Å². The molecule has 1 aromatic rings. The molecule has 0 amide bonds. The third kappa shape index (κ3) is 5.18. The molecule has 1 atom stereocenters. The molecule has 0 N–H and O–H groups in total. The van der Waals surface area contributed by atoms with Crippen LogP contribution in [0.1, 0.15) is 84.5 Å². The highest BCUT2D eigenvalue weighted by Crippen LogP contribution is 2.42. The number of hydrogen-bond donors (Lipinski definition) is 0. The molecule has 4 heteroatoms. The zero-order valence-electron chi connectivity index (χ0n) is 19.1. The summed E-state index contributed by atoms with van der Waals surface area (Å²) in [6.07, 6.45) is 7.32. The number of fused-ring (bicyclic) bond motifs is 1. The predicted octanol–water partition coefficient (Wildman–Crippen LogP) is 6.32. The van der Waals surface area contributed by atoms with Crippen molar-refractivity contribution in [3.8, 4) is 12.0 Å². The molecule has 0 bridgehead atoms. The highest BCUT2D eigenvalue weighted by atomic mass is 28.4. The van der Waals surface area contributed by atoms with Gasteiger partial charge in [-0.2, -0.15) is 0 Å². The first-order valence-electron chi connectivity index (χ1n) is 11.1. The molecule has 1 aliphatic rings. The van der Waals surface area contributed by atoms with Crippen molar-refractivity contribution in [2.45, 2.75) is 96.3 Å². The molecule has 0 saturated heterocycles. The standard InChI is InChI=1S/C24H40N2OSi/c1-19(2)28(20(3)4,21(5)6)27-18-10-8-9-17-26(7)23-15-11-13-22-14-12-16-25-24(22)23/h12,14,16,19-21,23H,8,10-11,13,15,18H2,1-7H3. The van der Waals surface area contributed by atoms with Crippen LogP contribution in [-0.4, -0.2) is 31.9 Å². The van der Waals surface area contributed by atoms with Gasteiger partial charge in [0, 0.05) is 32.3 Å². The van der Waals surface area contributed by atoms with E-state index in [0.717, 1.165) is 32.3 Å². The van der Waals surface area contributed by atoms with Crippen LogP contribution in [-0.2, 0) is 10.8 Å². The Hall–Kier alpha value is -1.31. The molecular weight excluding hydrogens is 360 g/mol. The highest BCUT2D eigenvalue weighted by molar-refractivity contribution is 6.77. The van der Waals surface area contributed by atoms with Crippen molar-refractivity contribution in [1.29, 1.82) is 0 Å². The van der Waals surface area contributed by atoms with Crippen LogP contribution in [0.3, 0.4) is 0 Å². The Morgan fingerprint density at radius 1 is 1.18 bits per heavy atom. The summed E-state index contributed by atoms with van der Waals surface area (Å²) in [5.74, 6) is 3.37. The van der Waals surface area contributed by atoms with Gasteiger partial charge in [0.1, 0.15) is 0 Å². The average molecular weight is 401 g/mol. The van der Waals surface area contributed by atoms with E-state index < -0.39 is 8.32 Å². The Balaban J connectivity index is 1.87. The summed E-state index contributed by atoms with van der Waals surface area (Å²) in [5, 5.41) is 0. The van der Waals surface area contributed by atoms with Gasteiger partial charge in [-0.25, -0.2) is 0 Å². The minimum absolute atomic E-state index is 0.330. The smallest absolute Gasteiger partial charge is 0.200 e. The second-order valence-electron chi connectivity index (χ2n) is 9.12. The molecule has 0 spiro atoms. The van der Waals surface area contributed by atoms with Gasteiger partial charge in [-0.15, -0.1) is 0 Å². The van der Waals surface area contributed by atoms with E-state index >= 15 is 0 Å². The van der Waals surface area contributed by atoms with Crippen LogP contribution in [0.5, 0.6) is 0 Å². The van der Waals surface area contributed by atoms with E-state index in [1.807, 2.05) is 12.3 Å². The van der Waals surface area contributed by atoms with Crippen molar-refractivity contribution in [3.63, 3.8) is 0 Å². The van der Waals surface area contributed by atoms with Crippen LogP contribution in [0.25, 0.3) is 0 Å². The summed E-state index contributed by atoms with van der Waals surface area (Å²) >= 11 is 0. The zero-order valence-corrected chi connectivity index (χ0v) is 20.1. The predicted molar refractivity (Wildman–Crippen MR) is 122 cm³/mol. The van der Waals surface area contributed by atoms with Crippen molar-refractivity contribution >= 4 is 8.32 Å². The van der Waals surface area contributed by atoms with Crippen LogP contribution in [0.15, 0.2) is 18.3 Å². The first-order valence-corrected chi connectivity index (χ1v) is 13.2. The van der Waals surface area contributed by atoms with Gasteiger partial charge in [0.15, 0.2) is 8.32 Å². The molecule has 1 aromatic heterocycles. The first kappa shape index (κ1) is 23.0. The Morgan fingerprint density at radius 3 is 2.50 bits per heavy atom. The normalized spacial score (nSPS) is 16.9. The number of aryl methyl sites for hydroxylation is 1. The van der Waals surface area contributed by atoms with Crippen LogP contribution in [0, 0.1) is 12.0 Å². The topological polar surface area (TPSA) is 25.4 Å². The molecule has 0 fully saturated rings. The zero-order chi connectivity index (χ0) is 20.7. The molecule has 1 unspecified atom stereocenters. The molecule has 3 nitrogen and oxygen atoms in total. The van der Waals surface area contributed by atoms with Gasteiger partial charge in [-0.1, -0.05) is 53.5 Å². The van der Waals surface area contributed by atoms with Crippen LogP contribution >= 0.6 is 0 Å². The van der Waals surface area contributed by atoms with Crippen molar-refractivity contribution < 1.29 is 4.43 Å². The molecule has 28 heavy (non-hydrogen) atoms. The molecule has 0 radical (unpaired) electrons. The van der Waals surface area contributed by atoms with E-state index in [1.165, 1.54) is 17.7 Å². The van der Waals surface area contributed by atoms with Crippen molar-refractivity contribution in [2.75, 3.05) is 13.7 Å². The molecule has 0 aliphatic heterocycles. The fraction of sp³-hybridized carbons (Fsp3) is 0.708. The minimum atomic E-state index is -1.74. The van der Waals surface area contributed by atoms with Crippen LogP contribution < -0.4 is 0 Å². The largest absolute Gasteiger partial charge is 0.416 e. The maximum Gasteiger partial charge on any atom is 0.200 e. The highest BCUT2D eigenvalue weighted by Gasteiger charge is 2.44. The van der Waals surface area contributed by atoms with Crippen LogP contribution in [0.4, 0.5) is 0 Å². The SMILES string of the molecule is CC(C)[Si](OCCCC#CN(C)C1CCCc2cccnc21)(C(C)C)C(C)C. The molecule has 1 aliphatic carbocycles. The fourth-order valence-electron chi connectivity index (χ4n) is 5.13. The van der Waals surface area contributed by atoms with E-state index in [-0.39, 0.29) is 0 Å². The minimum Gasteiger partial charge on any atom is -0.416 e. The lowest BCUT2D eigenvalue weighted by molar-refractivity contribution is 0.273. The Labute approximate surface area is 174 Å². The molecule has 0 aromatic carbocycles. The quantitative estimate of drug-likeness (QED) is 0.221. The van der Waals surface area contributed by atoms with E-state index in [9.17, 15) is 0 Å². The average Bonchev–Trinajstić information content (AvgIpc) is 2.65. The Morgan fingerprint density at radius 2 is 1.86 bits per heavy atom. The van der Waals surface area contributed by atoms with Gasteiger partial charge < -0.3 is 9.33 Å². The van der Waals surface area contributed by atoms with E-state index in [1.54, 1.807) is 0 Å². The lowest BCUT2D eigenvalue weighted by Gasteiger charge is -2.42. The van der Waals surface area contributed by atoms with Crippen molar-refractivity contribution in [1.82, 2.24) is 9.88 Å². The number of aromatic nitrogens is 1. The lowest BCUT2D eigenvalue weighted by Crippen LogP contribution is -2.47. The first-order chi connectivity index (χ1) is 13.3. The number of unbranched alkanes of at least 4 members (excludes halogenated alkanes) is 1. The molecule has 156 valence electrons. The maximum atomic E-state index is 6.63. The van der Waals surface area contributed by atoms with E-state index in [0.29, 0.717) is 22.7 Å². The Bertz CT molecular complexity index is 653. The monoisotopic (exact) mass is 400 g/mol. The molecule has 0 saturated carbocycles. The number of hydrogen-bond acceptors (Lipinski definition) is 3. The summed E-state index contributed by atoms with van der Waals surface area (Å²) in [6, 6.07) is 7.94. The molecular formula is C24H40N2OSi. The molecule has 1 heterocycles. The second-order valence-corrected chi connectivity index (χ2v) is 14.6. The summed E-state index contributed by atoms with van der Waals surface area (Å²) < 4.78 is 6.63. The van der Waals surface area contributed by atoms with Gasteiger partial charge >= 0.3 is 0 Å². The Kier molecular flexibility index (Phi) is 8.58. The summed E-state index contributed by atoms with van der Waals surface area (Å²) in [4.78, 5) is 6.80. The fourth-order valence-corrected chi connectivity index (χ4v) is 10.6. The van der Waals surface area contributed by atoms with Gasteiger partial charge in [0.25, 0.3) is 0 Å². The third-order valence-corrected chi connectivity index (χ3v) is 12.5. The summed E-state index contributed by atoms with van der Waals surface area (Å²) in [5.41, 5.74) is 4.53. The second kappa shape index (κ2) is 10.5. The van der Waals surface area contributed by atoms with Crippen molar-refractivity contribution in [2.24, 2.45) is 0 Å². The number of pyridine rings is 1. The van der Waals surface area contributed by atoms with E-state index in [2.05, 4.69) is 76.5 Å². The third-order valence-electron chi connectivity index (χ3n) is 6.39. The summed E-state index contributed by atoms with van der Waals surface area (Å²) in [7, 11) is 0.360. The van der Waals surface area contributed by atoms with Crippen molar-refractivity contribution in [3.05, 3.63) is 29.6 Å².